The van der Waals surface area contributed by atoms with E-state index in [1.54, 1.807) is 7.11 Å². The fraction of sp³-hybridized carbons (Fsp3) is 0.750. The Morgan fingerprint density at radius 3 is 2.47 bits per heavy atom. The number of aromatic nitrogens is 2. The molecule has 3 nitrogen and oxygen atoms in total. The quantitative estimate of drug-likeness (QED) is 0.715. The number of methoxy groups -OCH3 is 1. The molecule has 0 N–H and O–H groups in total. The molecule has 0 radical (unpaired) electrons. The van der Waals surface area contributed by atoms with E-state index < -0.39 is 0 Å². The average Bonchev–Trinajstić information content (AvgIpc) is 2.48. The Morgan fingerprint density at radius 1 is 1.11 bits per heavy atom. The SMILES string of the molecule is CCCCCC1CCC(c2ccc(OC)nn2)CC1. The van der Waals surface area contributed by atoms with Crippen LogP contribution in [0.5, 0.6) is 5.88 Å². The smallest absolute Gasteiger partial charge is 0.233 e. The molecule has 3 heteroatoms. The summed E-state index contributed by atoms with van der Waals surface area (Å²) in [6.07, 6.45) is 10.8. The standard InChI is InChI=1S/C16H26N2O/c1-3-4-5-6-13-7-9-14(10-8-13)15-11-12-16(19-2)18-17-15/h11-14H,3-10H2,1-2H3. The lowest BCUT2D eigenvalue weighted by Crippen LogP contribution is -2.14. The predicted molar refractivity (Wildman–Crippen MR) is 77.4 cm³/mol. The van der Waals surface area contributed by atoms with Gasteiger partial charge in [-0.25, -0.2) is 0 Å². The summed E-state index contributed by atoms with van der Waals surface area (Å²) < 4.78 is 5.05. The molecule has 1 aliphatic carbocycles. The van der Waals surface area contributed by atoms with E-state index in [1.165, 1.54) is 51.4 Å². The summed E-state index contributed by atoms with van der Waals surface area (Å²) in [7, 11) is 1.63. The van der Waals surface area contributed by atoms with Crippen molar-refractivity contribution in [2.75, 3.05) is 7.11 Å². The molecule has 0 aromatic carbocycles. The molecule has 2 rings (SSSR count). The first-order valence-corrected chi connectivity index (χ1v) is 7.71. The van der Waals surface area contributed by atoms with Crippen molar-refractivity contribution in [2.45, 2.75) is 64.2 Å². The molecular weight excluding hydrogens is 236 g/mol. The van der Waals surface area contributed by atoms with E-state index >= 15 is 0 Å². The topological polar surface area (TPSA) is 35.0 Å². The van der Waals surface area contributed by atoms with Gasteiger partial charge in [-0.2, -0.15) is 5.10 Å². The van der Waals surface area contributed by atoms with Crippen LogP contribution < -0.4 is 4.74 Å². The van der Waals surface area contributed by atoms with E-state index in [4.69, 9.17) is 4.74 Å². The number of ether oxygens (including phenoxy) is 1. The molecule has 19 heavy (non-hydrogen) atoms. The van der Waals surface area contributed by atoms with Crippen LogP contribution in [0.2, 0.25) is 0 Å². The third kappa shape index (κ3) is 4.19. The van der Waals surface area contributed by atoms with Gasteiger partial charge in [0.05, 0.1) is 12.8 Å². The van der Waals surface area contributed by atoms with Gasteiger partial charge in [-0.05, 0) is 37.7 Å². The maximum Gasteiger partial charge on any atom is 0.233 e. The minimum atomic E-state index is 0.608. The van der Waals surface area contributed by atoms with Gasteiger partial charge in [-0.15, -0.1) is 5.10 Å². The number of hydrogen-bond acceptors (Lipinski definition) is 3. The van der Waals surface area contributed by atoms with Crippen LogP contribution in [0.3, 0.4) is 0 Å². The third-order valence-electron chi connectivity index (χ3n) is 4.35. The predicted octanol–water partition coefficient (Wildman–Crippen LogP) is 4.34. The van der Waals surface area contributed by atoms with Crippen LogP contribution in [0.1, 0.15) is 69.9 Å². The Kier molecular flexibility index (Phi) is 5.62. The fourth-order valence-corrected chi connectivity index (χ4v) is 3.09. The molecule has 0 unspecified atom stereocenters. The van der Waals surface area contributed by atoms with Crippen molar-refractivity contribution >= 4 is 0 Å². The van der Waals surface area contributed by atoms with E-state index in [-0.39, 0.29) is 0 Å². The summed E-state index contributed by atoms with van der Waals surface area (Å²) in [4.78, 5) is 0. The van der Waals surface area contributed by atoms with Gasteiger partial charge >= 0.3 is 0 Å². The highest BCUT2D eigenvalue weighted by molar-refractivity contribution is 5.15. The highest BCUT2D eigenvalue weighted by atomic mass is 16.5. The van der Waals surface area contributed by atoms with Crippen molar-refractivity contribution in [3.05, 3.63) is 17.8 Å². The number of unbranched alkanes of at least 4 members (excludes halogenated alkanes) is 2. The van der Waals surface area contributed by atoms with Crippen LogP contribution in [-0.2, 0) is 0 Å². The van der Waals surface area contributed by atoms with Crippen LogP contribution in [0.15, 0.2) is 12.1 Å². The molecule has 1 aliphatic rings. The summed E-state index contributed by atoms with van der Waals surface area (Å²) in [5.74, 6) is 2.17. The molecule has 0 saturated heterocycles. The third-order valence-corrected chi connectivity index (χ3v) is 4.35. The first-order chi connectivity index (χ1) is 9.33. The molecule has 1 aromatic rings. The highest BCUT2D eigenvalue weighted by Crippen LogP contribution is 2.36. The maximum absolute atomic E-state index is 5.05. The lowest BCUT2D eigenvalue weighted by atomic mass is 9.78. The second-order valence-corrected chi connectivity index (χ2v) is 5.71. The molecule has 1 aromatic heterocycles. The van der Waals surface area contributed by atoms with Crippen LogP contribution >= 0.6 is 0 Å². The van der Waals surface area contributed by atoms with Gasteiger partial charge in [-0.3, -0.25) is 0 Å². The van der Waals surface area contributed by atoms with E-state index in [1.807, 2.05) is 6.07 Å². The highest BCUT2D eigenvalue weighted by Gasteiger charge is 2.23. The average molecular weight is 262 g/mol. The normalized spacial score (nSPS) is 23.3. The molecule has 0 spiro atoms. The van der Waals surface area contributed by atoms with E-state index in [9.17, 15) is 0 Å². The minimum Gasteiger partial charge on any atom is -0.480 e. The van der Waals surface area contributed by atoms with E-state index in [0.29, 0.717) is 11.8 Å². The minimum absolute atomic E-state index is 0.608. The lowest BCUT2D eigenvalue weighted by Gasteiger charge is -2.27. The molecule has 1 saturated carbocycles. The molecular formula is C16H26N2O. The van der Waals surface area contributed by atoms with Gasteiger partial charge in [0, 0.05) is 12.0 Å². The summed E-state index contributed by atoms with van der Waals surface area (Å²) >= 11 is 0. The van der Waals surface area contributed by atoms with Crippen molar-refractivity contribution < 1.29 is 4.74 Å². The monoisotopic (exact) mass is 262 g/mol. The van der Waals surface area contributed by atoms with Crippen LogP contribution in [-0.4, -0.2) is 17.3 Å². The lowest BCUT2D eigenvalue weighted by molar-refractivity contribution is 0.298. The molecule has 0 aliphatic heterocycles. The van der Waals surface area contributed by atoms with Gasteiger partial charge in [0.15, 0.2) is 0 Å². The second kappa shape index (κ2) is 7.46. The summed E-state index contributed by atoms with van der Waals surface area (Å²) in [6.45, 7) is 2.28. The van der Waals surface area contributed by atoms with Crippen molar-refractivity contribution in [1.29, 1.82) is 0 Å². The maximum atomic E-state index is 5.05. The Balaban J connectivity index is 1.78. The summed E-state index contributed by atoms with van der Waals surface area (Å²) in [5, 5.41) is 8.38. The van der Waals surface area contributed by atoms with Gasteiger partial charge < -0.3 is 4.74 Å². The number of hydrogen-bond donors (Lipinski definition) is 0. The van der Waals surface area contributed by atoms with E-state index in [0.717, 1.165) is 11.6 Å². The number of nitrogens with zero attached hydrogens (tertiary/aromatic N) is 2. The van der Waals surface area contributed by atoms with Crippen LogP contribution in [0, 0.1) is 5.92 Å². The molecule has 0 bridgehead atoms. The Morgan fingerprint density at radius 2 is 1.89 bits per heavy atom. The van der Waals surface area contributed by atoms with Gasteiger partial charge in [0.25, 0.3) is 0 Å². The van der Waals surface area contributed by atoms with Crippen molar-refractivity contribution in [1.82, 2.24) is 10.2 Å². The second-order valence-electron chi connectivity index (χ2n) is 5.71. The molecule has 1 fully saturated rings. The van der Waals surface area contributed by atoms with Gasteiger partial charge in [0.2, 0.25) is 5.88 Å². The zero-order valence-corrected chi connectivity index (χ0v) is 12.3. The van der Waals surface area contributed by atoms with Crippen LogP contribution in [0.4, 0.5) is 0 Å². The van der Waals surface area contributed by atoms with Crippen molar-refractivity contribution in [3.8, 4) is 5.88 Å². The van der Waals surface area contributed by atoms with Gasteiger partial charge in [-0.1, -0.05) is 32.6 Å². The number of rotatable bonds is 6. The Bertz CT molecular complexity index is 356. The van der Waals surface area contributed by atoms with Gasteiger partial charge in [0.1, 0.15) is 0 Å². The molecule has 106 valence electrons. The zero-order chi connectivity index (χ0) is 13.5. The van der Waals surface area contributed by atoms with E-state index in [2.05, 4.69) is 23.2 Å². The first-order valence-electron chi connectivity index (χ1n) is 7.71. The summed E-state index contributed by atoms with van der Waals surface area (Å²) in [6, 6.07) is 4.00. The molecule has 0 amide bonds. The fourth-order valence-electron chi connectivity index (χ4n) is 3.09. The zero-order valence-electron chi connectivity index (χ0n) is 12.3. The van der Waals surface area contributed by atoms with Crippen molar-refractivity contribution in [2.24, 2.45) is 5.92 Å². The van der Waals surface area contributed by atoms with Crippen molar-refractivity contribution in [3.63, 3.8) is 0 Å². The Labute approximate surface area is 116 Å². The summed E-state index contributed by atoms with van der Waals surface area (Å²) in [5.41, 5.74) is 1.15. The Hall–Kier alpha value is -1.12. The molecule has 1 heterocycles. The largest absolute Gasteiger partial charge is 0.480 e. The first kappa shape index (κ1) is 14.3. The van der Waals surface area contributed by atoms with Crippen LogP contribution in [0.25, 0.3) is 0 Å². The molecule has 0 atom stereocenters.